The van der Waals surface area contributed by atoms with Gasteiger partial charge < -0.3 is 4.74 Å². The molecule has 2 nitrogen and oxygen atoms in total. The monoisotopic (exact) mass is 352 g/mol. The van der Waals surface area contributed by atoms with Crippen LogP contribution in [0.2, 0.25) is 0 Å². The summed E-state index contributed by atoms with van der Waals surface area (Å²) >= 11 is 0. The van der Waals surface area contributed by atoms with Gasteiger partial charge in [0.1, 0.15) is 0 Å². The first-order chi connectivity index (χ1) is 12.2. The highest BCUT2D eigenvalue weighted by atomic mass is 16.5. The number of allylic oxidation sites excluding steroid dienone is 1. The summed E-state index contributed by atoms with van der Waals surface area (Å²) in [4.78, 5) is 11.3. The lowest BCUT2D eigenvalue weighted by atomic mass is 10.0. The van der Waals surface area contributed by atoms with E-state index in [9.17, 15) is 4.79 Å². The number of unbranched alkanes of at least 4 members (excludes halogenated alkanes) is 15. The second kappa shape index (κ2) is 19.5. The molecule has 0 aromatic carbocycles. The van der Waals surface area contributed by atoms with Crippen LogP contribution in [0.4, 0.5) is 0 Å². The van der Waals surface area contributed by atoms with Crippen molar-refractivity contribution in [2.75, 3.05) is 6.61 Å². The lowest BCUT2D eigenvalue weighted by Gasteiger charge is -2.04. The SMILES string of the molecule is CCCCCCCCCCCCCCCCCCOC(=O)C=C(C)C. The molecule has 25 heavy (non-hydrogen) atoms. The Morgan fingerprint density at radius 3 is 1.36 bits per heavy atom. The summed E-state index contributed by atoms with van der Waals surface area (Å²) in [6.07, 6.45) is 23.4. The molecule has 0 aliphatic carbocycles. The maximum absolute atomic E-state index is 11.3. The smallest absolute Gasteiger partial charge is 0.330 e. The Bertz CT molecular complexity index is 316. The molecular formula is C23H44O2. The Morgan fingerprint density at radius 1 is 0.640 bits per heavy atom. The Morgan fingerprint density at radius 2 is 1.00 bits per heavy atom. The van der Waals surface area contributed by atoms with E-state index in [0.29, 0.717) is 6.61 Å². The van der Waals surface area contributed by atoms with E-state index in [1.165, 1.54) is 96.3 Å². The number of ether oxygens (including phenoxy) is 1. The van der Waals surface area contributed by atoms with Crippen molar-refractivity contribution >= 4 is 5.97 Å². The van der Waals surface area contributed by atoms with Gasteiger partial charge in [0, 0.05) is 6.08 Å². The standard InChI is InChI=1S/C23H44O2/c1-4-5-6-7-8-9-10-11-12-13-14-15-16-17-18-19-20-25-23(24)21-22(2)3/h21H,4-20H2,1-3H3. The lowest BCUT2D eigenvalue weighted by Crippen LogP contribution is -2.02. The highest BCUT2D eigenvalue weighted by molar-refractivity contribution is 5.82. The maximum atomic E-state index is 11.3. The first-order valence-corrected chi connectivity index (χ1v) is 11.0. The summed E-state index contributed by atoms with van der Waals surface area (Å²) in [5.74, 6) is -0.194. The predicted octanol–water partition coefficient (Wildman–Crippen LogP) is 7.76. The van der Waals surface area contributed by atoms with Gasteiger partial charge in [0.2, 0.25) is 0 Å². The number of rotatable bonds is 18. The Hall–Kier alpha value is -0.790. The molecule has 0 N–H and O–H groups in total. The van der Waals surface area contributed by atoms with Gasteiger partial charge in [-0.05, 0) is 20.3 Å². The fourth-order valence-corrected chi connectivity index (χ4v) is 3.10. The molecule has 0 amide bonds. The van der Waals surface area contributed by atoms with Crippen molar-refractivity contribution in [1.82, 2.24) is 0 Å². The largest absolute Gasteiger partial charge is 0.463 e. The van der Waals surface area contributed by atoms with E-state index in [-0.39, 0.29) is 5.97 Å². The van der Waals surface area contributed by atoms with E-state index >= 15 is 0 Å². The van der Waals surface area contributed by atoms with Gasteiger partial charge in [-0.25, -0.2) is 4.79 Å². The molecule has 0 fully saturated rings. The third-order valence-corrected chi connectivity index (χ3v) is 4.65. The van der Waals surface area contributed by atoms with E-state index in [0.717, 1.165) is 12.0 Å². The second-order valence-corrected chi connectivity index (χ2v) is 7.69. The number of carbonyl (C=O) groups excluding carboxylic acids is 1. The molecule has 0 aliphatic heterocycles. The van der Waals surface area contributed by atoms with Gasteiger partial charge >= 0.3 is 5.97 Å². The van der Waals surface area contributed by atoms with E-state index in [2.05, 4.69) is 6.92 Å². The number of hydrogen-bond acceptors (Lipinski definition) is 2. The zero-order chi connectivity index (χ0) is 18.6. The van der Waals surface area contributed by atoms with Crippen LogP contribution in [0.1, 0.15) is 124 Å². The quantitative estimate of drug-likeness (QED) is 0.143. The summed E-state index contributed by atoms with van der Waals surface area (Å²) < 4.78 is 5.16. The van der Waals surface area contributed by atoms with Gasteiger partial charge in [-0.2, -0.15) is 0 Å². The maximum Gasteiger partial charge on any atom is 0.330 e. The van der Waals surface area contributed by atoms with Crippen molar-refractivity contribution in [2.24, 2.45) is 0 Å². The minimum atomic E-state index is -0.194. The molecule has 0 aromatic rings. The molecular weight excluding hydrogens is 308 g/mol. The van der Waals surface area contributed by atoms with Crippen molar-refractivity contribution in [3.8, 4) is 0 Å². The Labute approximate surface area is 157 Å². The average molecular weight is 353 g/mol. The fourth-order valence-electron chi connectivity index (χ4n) is 3.10. The van der Waals surface area contributed by atoms with Crippen LogP contribution in [-0.4, -0.2) is 12.6 Å². The summed E-state index contributed by atoms with van der Waals surface area (Å²) in [5.41, 5.74) is 0.997. The normalized spacial score (nSPS) is 10.7. The molecule has 0 aromatic heterocycles. The average Bonchev–Trinajstić information content (AvgIpc) is 2.57. The van der Waals surface area contributed by atoms with Crippen molar-refractivity contribution in [1.29, 1.82) is 0 Å². The van der Waals surface area contributed by atoms with Crippen LogP contribution < -0.4 is 0 Å². The molecule has 0 atom stereocenters. The van der Waals surface area contributed by atoms with Crippen LogP contribution >= 0.6 is 0 Å². The Balaban J connectivity index is 3.10. The minimum absolute atomic E-state index is 0.194. The van der Waals surface area contributed by atoms with Crippen molar-refractivity contribution in [3.05, 3.63) is 11.6 Å². The van der Waals surface area contributed by atoms with Crippen LogP contribution in [0.15, 0.2) is 11.6 Å². The fraction of sp³-hybridized carbons (Fsp3) is 0.870. The zero-order valence-electron chi connectivity index (χ0n) is 17.4. The minimum Gasteiger partial charge on any atom is -0.463 e. The second-order valence-electron chi connectivity index (χ2n) is 7.69. The van der Waals surface area contributed by atoms with Crippen molar-refractivity contribution < 1.29 is 9.53 Å². The summed E-state index contributed by atoms with van der Waals surface area (Å²) in [5, 5.41) is 0. The molecule has 0 aliphatic rings. The van der Waals surface area contributed by atoms with Crippen LogP contribution in [0.3, 0.4) is 0 Å². The molecule has 2 heteroatoms. The van der Waals surface area contributed by atoms with Crippen molar-refractivity contribution in [3.63, 3.8) is 0 Å². The zero-order valence-corrected chi connectivity index (χ0v) is 17.4. The third-order valence-electron chi connectivity index (χ3n) is 4.65. The summed E-state index contributed by atoms with van der Waals surface area (Å²) in [6, 6.07) is 0. The highest BCUT2D eigenvalue weighted by Crippen LogP contribution is 2.13. The first-order valence-electron chi connectivity index (χ1n) is 11.0. The molecule has 0 saturated heterocycles. The van der Waals surface area contributed by atoms with Crippen LogP contribution in [0, 0.1) is 0 Å². The van der Waals surface area contributed by atoms with E-state index in [4.69, 9.17) is 4.74 Å². The predicted molar refractivity (Wildman–Crippen MR) is 110 cm³/mol. The number of carbonyl (C=O) groups is 1. The van der Waals surface area contributed by atoms with Gasteiger partial charge in [0.25, 0.3) is 0 Å². The van der Waals surface area contributed by atoms with Gasteiger partial charge in [-0.3, -0.25) is 0 Å². The molecule has 0 saturated carbocycles. The Kier molecular flexibility index (Phi) is 18.9. The first kappa shape index (κ1) is 24.2. The number of hydrogen-bond donors (Lipinski definition) is 0. The van der Waals surface area contributed by atoms with Gasteiger partial charge in [0.15, 0.2) is 0 Å². The molecule has 0 spiro atoms. The van der Waals surface area contributed by atoms with Crippen LogP contribution in [-0.2, 0) is 9.53 Å². The molecule has 0 bridgehead atoms. The summed E-state index contributed by atoms with van der Waals surface area (Å²) in [6.45, 7) is 6.68. The molecule has 0 radical (unpaired) electrons. The van der Waals surface area contributed by atoms with E-state index in [1.54, 1.807) is 6.08 Å². The summed E-state index contributed by atoms with van der Waals surface area (Å²) in [7, 11) is 0. The van der Waals surface area contributed by atoms with Gasteiger partial charge in [-0.1, -0.05) is 109 Å². The topological polar surface area (TPSA) is 26.3 Å². The molecule has 0 rings (SSSR count). The van der Waals surface area contributed by atoms with E-state index < -0.39 is 0 Å². The number of esters is 1. The van der Waals surface area contributed by atoms with E-state index in [1.807, 2.05) is 13.8 Å². The van der Waals surface area contributed by atoms with Crippen molar-refractivity contribution in [2.45, 2.75) is 124 Å². The van der Waals surface area contributed by atoms with Gasteiger partial charge in [-0.15, -0.1) is 0 Å². The molecule has 148 valence electrons. The third kappa shape index (κ3) is 21.2. The van der Waals surface area contributed by atoms with Gasteiger partial charge in [0.05, 0.1) is 6.61 Å². The van der Waals surface area contributed by atoms with Crippen LogP contribution in [0.25, 0.3) is 0 Å². The highest BCUT2D eigenvalue weighted by Gasteiger charge is 1.98. The van der Waals surface area contributed by atoms with Crippen LogP contribution in [0.5, 0.6) is 0 Å². The molecule has 0 unspecified atom stereocenters. The molecule has 0 heterocycles. The lowest BCUT2D eigenvalue weighted by molar-refractivity contribution is -0.137.